The number of nitrogens with zero attached hydrogens (tertiary/aromatic N) is 1. The lowest BCUT2D eigenvalue weighted by molar-refractivity contribution is 0.0729. The maximum atomic E-state index is 13.0. The predicted octanol–water partition coefficient (Wildman–Crippen LogP) is 5.46. The Morgan fingerprint density at radius 2 is 1.57 bits per heavy atom. The van der Waals surface area contributed by atoms with E-state index in [0.717, 1.165) is 10.6 Å². The Labute approximate surface area is 167 Å². The van der Waals surface area contributed by atoms with Crippen molar-refractivity contribution in [2.24, 2.45) is 0 Å². The van der Waals surface area contributed by atoms with Crippen LogP contribution in [0.1, 0.15) is 26.4 Å². The molecule has 4 aromatic rings. The Balaban J connectivity index is 1.45. The first-order valence-electron chi connectivity index (χ1n) is 8.21. The number of ketones is 1. The van der Waals surface area contributed by atoms with Crippen molar-refractivity contribution in [2.45, 2.75) is 0 Å². The van der Waals surface area contributed by atoms with Crippen molar-refractivity contribution in [2.75, 3.05) is 0 Å². The van der Waals surface area contributed by atoms with Crippen LogP contribution in [0.4, 0.5) is 4.39 Å². The number of hydrogen-bond acceptors (Lipinski definition) is 6. The molecule has 0 fully saturated rings. The molecule has 0 radical (unpaired) electrons. The molecule has 138 valence electrons. The summed E-state index contributed by atoms with van der Waals surface area (Å²) in [6.07, 6.45) is 0. The zero-order chi connectivity index (χ0) is 19.5. The Hall–Kier alpha value is -3.16. The molecule has 7 heteroatoms. The van der Waals surface area contributed by atoms with Gasteiger partial charge < -0.3 is 4.74 Å². The second kappa shape index (κ2) is 7.84. The minimum atomic E-state index is -0.560. The molecular formula is C21H12FNO3S2. The summed E-state index contributed by atoms with van der Waals surface area (Å²) in [6.45, 7) is 0. The third kappa shape index (κ3) is 3.90. The summed E-state index contributed by atoms with van der Waals surface area (Å²) in [4.78, 5) is 29.0. The van der Waals surface area contributed by atoms with Crippen molar-refractivity contribution < 1.29 is 18.7 Å². The van der Waals surface area contributed by atoms with Crippen LogP contribution in [-0.2, 0) is 0 Å². The number of esters is 1. The van der Waals surface area contributed by atoms with Crippen molar-refractivity contribution in [3.05, 3.63) is 93.4 Å². The molecule has 0 N–H and O–H groups in total. The van der Waals surface area contributed by atoms with Gasteiger partial charge in [-0.15, -0.1) is 11.3 Å². The highest BCUT2D eigenvalue weighted by Gasteiger charge is 2.15. The summed E-state index contributed by atoms with van der Waals surface area (Å²) in [7, 11) is 0. The molecule has 0 atom stereocenters. The molecule has 0 unspecified atom stereocenters. The lowest BCUT2D eigenvalue weighted by Gasteiger charge is -2.05. The third-order valence-electron chi connectivity index (χ3n) is 3.91. The molecular weight excluding hydrogens is 397 g/mol. The zero-order valence-electron chi connectivity index (χ0n) is 14.3. The zero-order valence-corrected chi connectivity index (χ0v) is 15.9. The van der Waals surface area contributed by atoms with Gasteiger partial charge in [0.1, 0.15) is 16.6 Å². The van der Waals surface area contributed by atoms with E-state index in [4.69, 9.17) is 4.74 Å². The number of halogens is 1. The maximum absolute atomic E-state index is 13.0. The van der Waals surface area contributed by atoms with Crippen molar-refractivity contribution in [1.82, 2.24) is 4.98 Å². The highest BCUT2D eigenvalue weighted by Crippen LogP contribution is 2.26. The van der Waals surface area contributed by atoms with E-state index < -0.39 is 11.8 Å². The maximum Gasteiger partial charge on any atom is 0.363 e. The number of benzene rings is 2. The Morgan fingerprint density at radius 1 is 0.893 bits per heavy atom. The first-order valence-corrected chi connectivity index (χ1v) is 10.0. The fraction of sp³-hybridized carbons (Fsp3) is 0. The number of ether oxygens (including phenoxy) is 1. The molecule has 2 aromatic heterocycles. The number of hydrogen-bond donors (Lipinski definition) is 0. The molecule has 0 saturated heterocycles. The molecule has 0 aliphatic rings. The van der Waals surface area contributed by atoms with E-state index in [9.17, 15) is 14.0 Å². The molecule has 0 spiro atoms. The molecule has 2 heterocycles. The molecule has 4 nitrogen and oxygen atoms in total. The largest absolute Gasteiger partial charge is 0.422 e. The fourth-order valence-electron chi connectivity index (χ4n) is 2.49. The SMILES string of the molecule is O=C(c1ccc(F)cc1)c1ccc(OC(=O)c2csc(-c3ccsc3)n2)cc1. The number of thiazole rings is 1. The number of carbonyl (C=O) groups is 2. The lowest BCUT2D eigenvalue weighted by atomic mass is 10.0. The molecule has 2 aromatic carbocycles. The summed E-state index contributed by atoms with van der Waals surface area (Å²) in [5.74, 6) is -0.887. The smallest absolute Gasteiger partial charge is 0.363 e. The van der Waals surface area contributed by atoms with E-state index in [1.807, 2.05) is 16.8 Å². The van der Waals surface area contributed by atoms with Crippen LogP contribution in [0.3, 0.4) is 0 Å². The summed E-state index contributed by atoms with van der Waals surface area (Å²) < 4.78 is 18.3. The minimum Gasteiger partial charge on any atom is -0.422 e. The van der Waals surface area contributed by atoms with E-state index in [-0.39, 0.29) is 11.5 Å². The molecule has 0 bridgehead atoms. The van der Waals surface area contributed by atoms with E-state index in [1.165, 1.54) is 35.6 Å². The fourth-order valence-corrected chi connectivity index (χ4v) is 3.99. The van der Waals surface area contributed by atoms with Crippen LogP contribution in [0.25, 0.3) is 10.6 Å². The van der Waals surface area contributed by atoms with Crippen molar-refractivity contribution in [3.8, 4) is 16.3 Å². The van der Waals surface area contributed by atoms with Gasteiger partial charge in [0.15, 0.2) is 11.5 Å². The van der Waals surface area contributed by atoms with Crippen LogP contribution in [0.15, 0.2) is 70.7 Å². The number of rotatable bonds is 5. The average molecular weight is 409 g/mol. The van der Waals surface area contributed by atoms with Crippen molar-refractivity contribution in [3.63, 3.8) is 0 Å². The summed E-state index contributed by atoms with van der Waals surface area (Å²) >= 11 is 2.94. The van der Waals surface area contributed by atoms with Gasteiger partial charge in [0, 0.05) is 27.5 Å². The van der Waals surface area contributed by atoms with Crippen LogP contribution >= 0.6 is 22.7 Å². The van der Waals surface area contributed by atoms with Gasteiger partial charge in [-0.2, -0.15) is 11.3 Å². The summed E-state index contributed by atoms with van der Waals surface area (Å²) in [5, 5.41) is 6.32. The van der Waals surface area contributed by atoms with E-state index in [2.05, 4.69) is 4.98 Å². The number of thiophene rings is 1. The minimum absolute atomic E-state index is 0.234. The van der Waals surface area contributed by atoms with Crippen molar-refractivity contribution in [1.29, 1.82) is 0 Å². The van der Waals surface area contributed by atoms with Crippen LogP contribution < -0.4 is 4.74 Å². The number of carbonyl (C=O) groups excluding carboxylic acids is 2. The topological polar surface area (TPSA) is 56.3 Å². The predicted molar refractivity (Wildman–Crippen MR) is 107 cm³/mol. The molecule has 0 aliphatic heterocycles. The van der Waals surface area contributed by atoms with Gasteiger partial charge in [0.25, 0.3) is 0 Å². The van der Waals surface area contributed by atoms with Crippen LogP contribution in [0.2, 0.25) is 0 Å². The van der Waals surface area contributed by atoms with E-state index >= 15 is 0 Å². The molecule has 0 amide bonds. The average Bonchev–Trinajstić information content (AvgIpc) is 3.40. The molecule has 28 heavy (non-hydrogen) atoms. The van der Waals surface area contributed by atoms with Crippen LogP contribution in [0, 0.1) is 5.82 Å². The monoisotopic (exact) mass is 409 g/mol. The van der Waals surface area contributed by atoms with Gasteiger partial charge in [0.05, 0.1) is 0 Å². The summed E-state index contributed by atoms with van der Waals surface area (Å²) in [6, 6.07) is 13.5. The second-order valence-electron chi connectivity index (χ2n) is 5.80. The highest BCUT2D eigenvalue weighted by molar-refractivity contribution is 7.14. The molecule has 4 rings (SSSR count). The first-order chi connectivity index (χ1) is 13.6. The van der Waals surface area contributed by atoms with Gasteiger partial charge in [-0.1, -0.05) is 0 Å². The Kier molecular flexibility index (Phi) is 5.10. The van der Waals surface area contributed by atoms with Gasteiger partial charge >= 0.3 is 5.97 Å². The van der Waals surface area contributed by atoms with Gasteiger partial charge in [-0.05, 0) is 60.0 Å². The van der Waals surface area contributed by atoms with Crippen LogP contribution in [-0.4, -0.2) is 16.7 Å². The normalized spacial score (nSPS) is 10.6. The van der Waals surface area contributed by atoms with Gasteiger partial charge in [-0.3, -0.25) is 4.79 Å². The number of aromatic nitrogens is 1. The molecule has 0 aliphatic carbocycles. The standard InChI is InChI=1S/C21H12FNO3S2/c22-16-5-1-13(2-6-16)19(24)14-3-7-17(8-4-14)26-21(25)18-12-28-20(23-18)15-9-10-27-11-15/h1-12H. The highest BCUT2D eigenvalue weighted by atomic mass is 32.1. The Bertz CT molecular complexity index is 1120. The van der Waals surface area contributed by atoms with Gasteiger partial charge in [0.2, 0.25) is 0 Å². The molecule has 0 saturated carbocycles. The third-order valence-corrected chi connectivity index (χ3v) is 5.49. The second-order valence-corrected chi connectivity index (χ2v) is 7.44. The Morgan fingerprint density at radius 3 is 2.21 bits per heavy atom. The quantitative estimate of drug-likeness (QED) is 0.249. The van der Waals surface area contributed by atoms with Crippen LogP contribution in [0.5, 0.6) is 5.75 Å². The first kappa shape index (κ1) is 18.2. The summed E-state index contributed by atoms with van der Waals surface area (Å²) in [5.41, 5.74) is 2.00. The van der Waals surface area contributed by atoms with Gasteiger partial charge in [-0.25, -0.2) is 14.2 Å². The van der Waals surface area contributed by atoms with E-state index in [0.29, 0.717) is 16.9 Å². The van der Waals surface area contributed by atoms with Crippen molar-refractivity contribution >= 4 is 34.4 Å². The lowest BCUT2D eigenvalue weighted by Crippen LogP contribution is -2.09. The van der Waals surface area contributed by atoms with E-state index in [1.54, 1.807) is 41.0 Å².